The summed E-state index contributed by atoms with van der Waals surface area (Å²) in [5.41, 5.74) is 2.24. The maximum Gasteiger partial charge on any atom is 0.211 e. The predicted octanol–water partition coefficient (Wildman–Crippen LogP) is 4.47. The molecule has 102 valence electrons. The lowest BCUT2D eigenvalue weighted by Gasteiger charge is -2.08. The van der Waals surface area contributed by atoms with Gasteiger partial charge in [-0.1, -0.05) is 22.9 Å². The largest absolute Gasteiger partial charge is 0.439 e. The molecule has 1 unspecified atom stereocenters. The first-order valence-electron chi connectivity index (χ1n) is 6.57. The average molecular weight is 323 g/mol. The molecule has 1 heterocycles. The van der Waals surface area contributed by atoms with Crippen LogP contribution in [0.5, 0.6) is 0 Å². The third kappa shape index (κ3) is 3.67. The molecule has 0 saturated heterocycles. The Labute approximate surface area is 122 Å². The van der Waals surface area contributed by atoms with Crippen molar-refractivity contribution >= 4 is 15.9 Å². The first-order valence-corrected chi connectivity index (χ1v) is 7.36. The number of oxazole rings is 1. The quantitative estimate of drug-likeness (QED) is 0.882. The van der Waals surface area contributed by atoms with E-state index in [2.05, 4.69) is 59.1 Å². The van der Waals surface area contributed by atoms with Crippen molar-refractivity contribution in [2.75, 3.05) is 6.54 Å². The molecule has 0 aliphatic heterocycles. The summed E-state index contributed by atoms with van der Waals surface area (Å²) in [6, 6.07) is 6.36. The second-order valence-corrected chi connectivity index (χ2v) is 5.67. The number of nitrogens with zero attached hydrogens (tertiary/aromatic N) is 1. The molecule has 1 aromatic heterocycles. The van der Waals surface area contributed by atoms with E-state index in [1.807, 2.05) is 6.07 Å². The molecular weight excluding hydrogens is 304 g/mol. The summed E-state index contributed by atoms with van der Waals surface area (Å²) < 4.78 is 6.90. The fraction of sp³-hybridized carbons (Fsp3) is 0.400. The second-order valence-electron chi connectivity index (χ2n) is 4.76. The Morgan fingerprint density at radius 2 is 2.16 bits per heavy atom. The Balaban J connectivity index is 2.20. The van der Waals surface area contributed by atoms with Gasteiger partial charge < -0.3 is 9.73 Å². The number of rotatable bonds is 5. The number of nitrogens with one attached hydrogen (secondary N) is 1. The van der Waals surface area contributed by atoms with E-state index in [1.54, 1.807) is 6.20 Å². The number of hydrogen-bond acceptors (Lipinski definition) is 3. The van der Waals surface area contributed by atoms with Gasteiger partial charge in [0.2, 0.25) is 5.89 Å². The highest BCUT2D eigenvalue weighted by atomic mass is 79.9. The zero-order valence-electron chi connectivity index (χ0n) is 11.5. The van der Waals surface area contributed by atoms with Crippen LogP contribution in [0.15, 0.2) is 33.3 Å². The number of hydrogen-bond donors (Lipinski definition) is 1. The molecule has 0 aliphatic rings. The summed E-state index contributed by atoms with van der Waals surface area (Å²) in [4.78, 5) is 4.36. The smallest absolute Gasteiger partial charge is 0.211 e. The predicted molar refractivity (Wildman–Crippen MR) is 81.1 cm³/mol. The van der Waals surface area contributed by atoms with Crippen LogP contribution in [0.25, 0.3) is 11.3 Å². The number of aromatic nitrogens is 1. The molecule has 0 aliphatic carbocycles. The van der Waals surface area contributed by atoms with Crippen LogP contribution in [0.4, 0.5) is 0 Å². The average Bonchev–Trinajstić information content (AvgIpc) is 2.84. The minimum atomic E-state index is 0.141. The van der Waals surface area contributed by atoms with Gasteiger partial charge in [0.15, 0.2) is 5.76 Å². The Kier molecular flexibility index (Phi) is 4.77. The molecule has 1 aromatic carbocycles. The molecule has 0 saturated carbocycles. The normalized spacial score (nSPS) is 12.6. The molecule has 2 rings (SSSR count). The molecule has 1 atom stereocenters. The number of halogens is 1. The van der Waals surface area contributed by atoms with Gasteiger partial charge in [0, 0.05) is 10.0 Å². The summed E-state index contributed by atoms with van der Waals surface area (Å²) >= 11 is 3.51. The molecule has 1 N–H and O–H groups in total. The lowest BCUT2D eigenvalue weighted by atomic mass is 10.1. The van der Waals surface area contributed by atoms with Crippen LogP contribution in [0.2, 0.25) is 0 Å². The molecule has 4 heteroatoms. The van der Waals surface area contributed by atoms with Crippen LogP contribution in [0.1, 0.15) is 37.8 Å². The Morgan fingerprint density at radius 3 is 2.84 bits per heavy atom. The maximum absolute atomic E-state index is 5.84. The summed E-state index contributed by atoms with van der Waals surface area (Å²) in [6.07, 6.45) is 2.89. The Bertz CT molecular complexity index is 531. The highest BCUT2D eigenvalue weighted by molar-refractivity contribution is 9.10. The lowest BCUT2D eigenvalue weighted by molar-refractivity contribution is 0.423. The van der Waals surface area contributed by atoms with Gasteiger partial charge in [-0.25, -0.2) is 4.98 Å². The van der Waals surface area contributed by atoms with Crippen molar-refractivity contribution in [3.8, 4) is 11.3 Å². The third-order valence-electron chi connectivity index (χ3n) is 2.92. The van der Waals surface area contributed by atoms with Crippen LogP contribution < -0.4 is 5.32 Å². The fourth-order valence-corrected chi connectivity index (χ4v) is 2.56. The molecule has 0 fully saturated rings. The van der Waals surface area contributed by atoms with E-state index in [0.717, 1.165) is 34.7 Å². The van der Waals surface area contributed by atoms with E-state index in [1.165, 1.54) is 5.56 Å². The minimum absolute atomic E-state index is 0.141. The summed E-state index contributed by atoms with van der Waals surface area (Å²) in [7, 11) is 0. The first-order chi connectivity index (χ1) is 9.10. The van der Waals surface area contributed by atoms with Gasteiger partial charge in [-0.2, -0.15) is 0 Å². The molecule has 0 radical (unpaired) electrons. The fourth-order valence-electron chi connectivity index (χ4n) is 1.95. The van der Waals surface area contributed by atoms with Crippen molar-refractivity contribution in [2.45, 2.75) is 33.2 Å². The van der Waals surface area contributed by atoms with Gasteiger partial charge in [0.1, 0.15) is 0 Å². The molecule has 2 aromatic rings. The zero-order chi connectivity index (χ0) is 13.8. The van der Waals surface area contributed by atoms with Crippen LogP contribution in [-0.4, -0.2) is 11.5 Å². The topological polar surface area (TPSA) is 38.1 Å². The monoisotopic (exact) mass is 322 g/mol. The van der Waals surface area contributed by atoms with E-state index < -0.39 is 0 Å². The SMILES string of the molecule is CCCNC(C)c1ncc(-c2cc(C)cc(Br)c2)o1. The van der Waals surface area contributed by atoms with Crippen LogP contribution in [0.3, 0.4) is 0 Å². The van der Waals surface area contributed by atoms with Crippen molar-refractivity contribution in [2.24, 2.45) is 0 Å². The Morgan fingerprint density at radius 1 is 1.37 bits per heavy atom. The number of benzene rings is 1. The second kappa shape index (κ2) is 6.35. The van der Waals surface area contributed by atoms with Gasteiger partial charge in [0.25, 0.3) is 0 Å². The van der Waals surface area contributed by atoms with Gasteiger partial charge in [-0.15, -0.1) is 0 Å². The molecule has 0 amide bonds. The van der Waals surface area contributed by atoms with E-state index in [0.29, 0.717) is 0 Å². The van der Waals surface area contributed by atoms with Crippen LogP contribution in [0, 0.1) is 6.92 Å². The molecule has 19 heavy (non-hydrogen) atoms. The summed E-state index contributed by atoms with van der Waals surface area (Å²) in [5, 5.41) is 3.37. The van der Waals surface area contributed by atoms with Gasteiger partial charge >= 0.3 is 0 Å². The van der Waals surface area contributed by atoms with Gasteiger partial charge in [0.05, 0.1) is 12.2 Å². The number of aryl methyl sites for hydroxylation is 1. The van der Waals surface area contributed by atoms with Crippen molar-refractivity contribution in [1.82, 2.24) is 10.3 Å². The van der Waals surface area contributed by atoms with Crippen LogP contribution >= 0.6 is 15.9 Å². The van der Waals surface area contributed by atoms with Gasteiger partial charge in [-0.05, 0) is 50.6 Å². The van der Waals surface area contributed by atoms with Gasteiger partial charge in [-0.3, -0.25) is 0 Å². The molecule has 3 nitrogen and oxygen atoms in total. The maximum atomic E-state index is 5.84. The van der Waals surface area contributed by atoms with Crippen molar-refractivity contribution in [3.05, 3.63) is 40.3 Å². The Hall–Kier alpha value is -1.13. The van der Waals surface area contributed by atoms with Crippen molar-refractivity contribution in [3.63, 3.8) is 0 Å². The highest BCUT2D eigenvalue weighted by Crippen LogP contribution is 2.27. The summed E-state index contributed by atoms with van der Waals surface area (Å²) in [5.74, 6) is 1.55. The minimum Gasteiger partial charge on any atom is -0.439 e. The third-order valence-corrected chi connectivity index (χ3v) is 3.38. The lowest BCUT2D eigenvalue weighted by Crippen LogP contribution is -2.19. The van der Waals surface area contributed by atoms with E-state index in [-0.39, 0.29) is 6.04 Å². The van der Waals surface area contributed by atoms with Crippen molar-refractivity contribution in [1.29, 1.82) is 0 Å². The van der Waals surface area contributed by atoms with Crippen molar-refractivity contribution < 1.29 is 4.42 Å². The summed E-state index contributed by atoms with van der Waals surface area (Å²) in [6.45, 7) is 7.24. The van der Waals surface area contributed by atoms with E-state index >= 15 is 0 Å². The first kappa shape index (κ1) is 14.3. The van der Waals surface area contributed by atoms with E-state index in [9.17, 15) is 0 Å². The van der Waals surface area contributed by atoms with Crippen LogP contribution in [-0.2, 0) is 0 Å². The molecule has 0 spiro atoms. The molecular formula is C15H19BrN2O. The molecule has 0 bridgehead atoms. The highest BCUT2D eigenvalue weighted by Gasteiger charge is 2.13. The van der Waals surface area contributed by atoms with E-state index in [4.69, 9.17) is 4.42 Å². The standard InChI is InChI=1S/C15H19BrN2O/c1-4-5-17-11(3)15-18-9-14(19-15)12-6-10(2)7-13(16)8-12/h6-9,11,17H,4-5H2,1-3H3. The zero-order valence-corrected chi connectivity index (χ0v) is 13.1.